The molecule has 1 atom stereocenters. The van der Waals surface area contributed by atoms with Gasteiger partial charge in [-0.2, -0.15) is 0 Å². The number of thioether (sulfide) groups is 1. The Kier molecular flexibility index (Phi) is 5.60. The van der Waals surface area contributed by atoms with Crippen molar-refractivity contribution >= 4 is 27.7 Å². The Morgan fingerprint density at radius 1 is 1.25 bits per heavy atom. The van der Waals surface area contributed by atoms with Crippen molar-refractivity contribution in [3.63, 3.8) is 0 Å². The molecule has 0 saturated heterocycles. The number of hydrogen-bond donors (Lipinski definition) is 2. The summed E-state index contributed by atoms with van der Waals surface area (Å²) in [5, 5.41) is 0. The van der Waals surface area contributed by atoms with Crippen molar-refractivity contribution in [3.05, 3.63) is 63.9 Å². The highest BCUT2D eigenvalue weighted by molar-refractivity contribution is 9.10. The first-order valence-corrected chi connectivity index (χ1v) is 8.20. The third-order valence-corrected chi connectivity index (χ3v) is 4.40. The summed E-state index contributed by atoms with van der Waals surface area (Å²) < 4.78 is 14.6. The number of nitrogens with two attached hydrogens (primary N) is 1. The maximum absolute atomic E-state index is 13.9. The van der Waals surface area contributed by atoms with E-state index >= 15 is 0 Å². The van der Waals surface area contributed by atoms with E-state index in [4.69, 9.17) is 5.84 Å². The molecule has 1 unspecified atom stereocenters. The number of nitrogens with one attached hydrogen (secondary N) is 1. The third-order valence-electron chi connectivity index (χ3n) is 3.16. The molecule has 0 heterocycles. The van der Waals surface area contributed by atoms with Crippen molar-refractivity contribution in [3.8, 4) is 0 Å². The van der Waals surface area contributed by atoms with E-state index in [1.807, 2.05) is 36.6 Å². The zero-order chi connectivity index (χ0) is 14.5. The van der Waals surface area contributed by atoms with E-state index in [2.05, 4.69) is 21.4 Å². The quantitative estimate of drug-likeness (QED) is 0.483. The fraction of sp³-hybridized carbons (Fsp3) is 0.200. The average Bonchev–Trinajstić information content (AvgIpc) is 2.47. The average molecular weight is 355 g/mol. The van der Waals surface area contributed by atoms with Crippen molar-refractivity contribution in [2.45, 2.75) is 17.4 Å². The number of halogens is 2. The van der Waals surface area contributed by atoms with Gasteiger partial charge in [-0.3, -0.25) is 11.3 Å². The second-order valence-electron chi connectivity index (χ2n) is 4.43. The second kappa shape index (κ2) is 7.22. The Balaban J connectivity index is 2.19. The predicted molar refractivity (Wildman–Crippen MR) is 86.1 cm³/mol. The lowest BCUT2D eigenvalue weighted by molar-refractivity contribution is 0.528. The molecule has 0 saturated carbocycles. The van der Waals surface area contributed by atoms with Crippen molar-refractivity contribution in [2.24, 2.45) is 5.84 Å². The maximum atomic E-state index is 13.9. The van der Waals surface area contributed by atoms with Crippen molar-refractivity contribution in [2.75, 3.05) is 6.26 Å². The largest absolute Gasteiger partial charge is 0.271 e. The summed E-state index contributed by atoms with van der Waals surface area (Å²) >= 11 is 4.95. The normalized spacial score (nSPS) is 12.4. The van der Waals surface area contributed by atoms with Gasteiger partial charge < -0.3 is 0 Å². The molecule has 2 aromatic rings. The Morgan fingerprint density at radius 3 is 2.50 bits per heavy atom. The maximum Gasteiger partial charge on any atom is 0.127 e. The number of benzene rings is 2. The van der Waals surface area contributed by atoms with Crippen LogP contribution in [-0.4, -0.2) is 6.26 Å². The zero-order valence-corrected chi connectivity index (χ0v) is 13.5. The van der Waals surface area contributed by atoms with Crippen LogP contribution in [0.5, 0.6) is 0 Å². The van der Waals surface area contributed by atoms with Gasteiger partial charge in [0.2, 0.25) is 0 Å². The predicted octanol–water partition coefficient (Wildman–Crippen LogP) is 4.06. The van der Waals surface area contributed by atoms with E-state index < -0.39 is 0 Å². The molecule has 2 aromatic carbocycles. The Bertz CT molecular complexity index is 575. The molecule has 0 aromatic heterocycles. The highest BCUT2D eigenvalue weighted by Gasteiger charge is 2.13. The fourth-order valence-electron chi connectivity index (χ4n) is 2.02. The number of hydrogen-bond acceptors (Lipinski definition) is 3. The molecule has 0 bridgehead atoms. The van der Waals surface area contributed by atoms with Gasteiger partial charge in [0.05, 0.1) is 6.04 Å². The van der Waals surface area contributed by atoms with Crippen molar-refractivity contribution < 1.29 is 4.39 Å². The molecule has 0 spiro atoms. The van der Waals surface area contributed by atoms with E-state index in [0.717, 1.165) is 10.0 Å². The number of hydrazine groups is 1. The van der Waals surface area contributed by atoms with Gasteiger partial charge in [0, 0.05) is 9.37 Å². The summed E-state index contributed by atoms with van der Waals surface area (Å²) in [5.41, 5.74) is 4.45. The summed E-state index contributed by atoms with van der Waals surface area (Å²) in [6.07, 6.45) is 2.54. The van der Waals surface area contributed by atoms with Gasteiger partial charge in [-0.15, -0.1) is 11.8 Å². The van der Waals surface area contributed by atoms with Crippen LogP contribution < -0.4 is 11.3 Å². The summed E-state index contributed by atoms with van der Waals surface area (Å²) in [6.45, 7) is 0. The molecule has 2 rings (SSSR count). The van der Waals surface area contributed by atoms with Crippen molar-refractivity contribution in [1.82, 2.24) is 5.43 Å². The minimum atomic E-state index is -0.222. The standard InChI is InChI=1S/C15H16BrFN2S/c1-20-13-6-3-10(4-7-13)15(19-18)8-11-2-5-12(16)9-14(11)17/h2-7,9,15,19H,8,18H2,1H3. The molecule has 3 N–H and O–H groups in total. The van der Waals surface area contributed by atoms with E-state index in [1.165, 1.54) is 11.0 Å². The van der Waals surface area contributed by atoms with Crippen LogP contribution in [0.3, 0.4) is 0 Å². The molecule has 0 aliphatic heterocycles. The first kappa shape index (κ1) is 15.5. The van der Waals surface area contributed by atoms with Gasteiger partial charge in [-0.05, 0) is 48.1 Å². The smallest absolute Gasteiger partial charge is 0.127 e. The summed E-state index contributed by atoms with van der Waals surface area (Å²) in [7, 11) is 0. The molecular formula is C15H16BrFN2S. The summed E-state index contributed by atoms with van der Waals surface area (Å²) in [5.74, 6) is 5.39. The number of rotatable bonds is 5. The molecular weight excluding hydrogens is 339 g/mol. The van der Waals surface area contributed by atoms with Gasteiger partial charge in [0.25, 0.3) is 0 Å². The Labute approximate surface area is 131 Å². The van der Waals surface area contributed by atoms with Crippen LogP contribution in [0.15, 0.2) is 51.8 Å². The zero-order valence-electron chi connectivity index (χ0n) is 11.1. The Hall–Kier alpha value is -0.880. The topological polar surface area (TPSA) is 38.0 Å². The first-order valence-electron chi connectivity index (χ1n) is 6.18. The summed E-state index contributed by atoms with van der Waals surface area (Å²) in [4.78, 5) is 1.19. The van der Waals surface area contributed by atoms with Crippen LogP contribution in [-0.2, 0) is 6.42 Å². The van der Waals surface area contributed by atoms with E-state index in [9.17, 15) is 4.39 Å². The molecule has 0 radical (unpaired) electrons. The highest BCUT2D eigenvalue weighted by Crippen LogP contribution is 2.24. The molecule has 20 heavy (non-hydrogen) atoms. The van der Waals surface area contributed by atoms with Gasteiger partial charge in [0.1, 0.15) is 5.82 Å². The minimum absolute atomic E-state index is 0.110. The molecule has 5 heteroatoms. The van der Waals surface area contributed by atoms with Gasteiger partial charge >= 0.3 is 0 Å². The molecule has 0 fully saturated rings. The van der Waals surface area contributed by atoms with Crippen LogP contribution in [0, 0.1) is 5.82 Å². The van der Waals surface area contributed by atoms with E-state index in [0.29, 0.717) is 12.0 Å². The highest BCUT2D eigenvalue weighted by atomic mass is 79.9. The molecule has 2 nitrogen and oxygen atoms in total. The van der Waals surface area contributed by atoms with Gasteiger partial charge in [-0.1, -0.05) is 34.1 Å². The van der Waals surface area contributed by atoms with Crippen LogP contribution in [0.2, 0.25) is 0 Å². The monoisotopic (exact) mass is 354 g/mol. The lowest BCUT2D eigenvalue weighted by Crippen LogP contribution is -2.29. The lowest BCUT2D eigenvalue weighted by atomic mass is 9.99. The van der Waals surface area contributed by atoms with Crippen LogP contribution in [0.1, 0.15) is 17.2 Å². The minimum Gasteiger partial charge on any atom is -0.271 e. The van der Waals surface area contributed by atoms with Crippen LogP contribution in [0.25, 0.3) is 0 Å². The third kappa shape index (κ3) is 3.82. The molecule has 0 aliphatic carbocycles. The van der Waals surface area contributed by atoms with E-state index in [1.54, 1.807) is 17.8 Å². The lowest BCUT2D eigenvalue weighted by Gasteiger charge is -2.17. The Morgan fingerprint density at radius 2 is 1.95 bits per heavy atom. The van der Waals surface area contributed by atoms with Gasteiger partial charge in [0.15, 0.2) is 0 Å². The fourth-order valence-corrected chi connectivity index (χ4v) is 2.76. The van der Waals surface area contributed by atoms with Gasteiger partial charge in [-0.25, -0.2) is 4.39 Å². The second-order valence-corrected chi connectivity index (χ2v) is 6.23. The molecule has 0 amide bonds. The van der Waals surface area contributed by atoms with Crippen LogP contribution >= 0.6 is 27.7 Å². The molecule has 106 valence electrons. The molecule has 0 aliphatic rings. The SMILES string of the molecule is CSc1ccc(C(Cc2ccc(Br)cc2F)NN)cc1. The van der Waals surface area contributed by atoms with Crippen LogP contribution in [0.4, 0.5) is 4.39 Å². The van der Waals surface area contributed by atoms with Crippen molar-refractivity contribution in [1.29, 1.82) is 0 Å². The van der Waals surface area contributed by atoms with E-state index in [-0.39, 0.29) is 11.9 Å². The summed E-state index contributed by atoms with van der Waals surface area (Å²) in [6, 6.07) is 13.1. The first-order chi connectivity index (χ1) is 9.63.